The number of ether oxygens (including phenoxy) is 1. The van der Waals surface area contributed by atoms with Gasteiger partial charge in [0, 0.05) is 18.0 Å². The number of halogens is 1. The van der Waals surface area contributed by atoms with Gasteiger partial charge >= 0.3 is 5.97 Å². The summed E-state index contributed by atoms with van der Waals surface area (Å²) in [6.45, 7) is 3.46. The van der Waals surface area contributed by atoms with Crippen LogP contribution in [0, 0.1) is 0 Å². The molecule has 6 heteroatoms. The van der Waals surface area contributed by atoms with E-state index in [1.807, 2.05) is 0 Å². The molecule has 5 nitrogen and oxygen atoms in total. The molecule has 1 atom stereocenters. The summed E-state index contributed by atoms with van der Waals surface area (Å²) in [4.78, 5) is 19.8. The Labute approximate surface area is 114 Å². The molecule has 0 aliphatic rings. The van der Waals surface area contributed by atoms with Crippen LogP contribution in [0.2, 0.25) is 5.02 Å². The number of hydrogen-bond acceptors (Lipinski definition) is 5. The monoisotopic (exact) mass is 278 g/mol. The minimum Gasteiger partial charge on any atom is -0.459 e. The van der Waals surface area contributed by atoms with Crippen molar-refractivity contribution in [2.24, 2.45) is 0 Å². The number of rotatable bonds is 4. The number of benzene rings is 1. The molecule has 0 amide bonds. The Morgan fingerprint density at radius 2 is 2.11 bits per heavy atom. The average Bonchev–Trinajstić information content (AvgIpc) is 2.45. The second-order valence-corrected chi connectivity index (χ2v) is 4.12. The van der Waals surface area contributed by atoms with Gasteiger partial charge in [-0.05, 0) is 6.07 Å². The Balaban J connectivity index is 2.42. The summed E-state index contributed by atoms with van der Waals surface area (Å²) in [5.74, 6) is -0.769. The van der Waals surface area contributed by atoms with Crippen molar-refractivity contribution in [1.29, 1.82) is 0 Å². The molecule has 2 rings (SSSR count). The highest BCUT2D eigenvalue weighted by atomic mass is 35.5. The van der Waals surface area contributed by atoms with E-state index < -0.39 is 12.1 Å². The summed E-state index contributed by atoms with van der Waals surface area (Å²) in [7, 11) is 0. The molecule has 98 valence electrons. The lowest BCUT2D eigenvalue weighted by Crippen LogP contribution is -2.16. The van der Waals surface area contributed by atoms with Gasteiger partial charge in [0.1, 0.15) is 12.1 Å². The van der Waals surface area contributed by atoms with Crippen molar-refractivity contribution in [1.82, 2.24) is 9.97 Å². The van der Waals surface area contributed by atoms with E-state index in [-0.39, 0.29) is 6.61 Å². The lowest BCUT2D eigenvalue weighted by atomic mass is 10.1. The second-order valence-electron chi connectivity index (χ2n) is 3.71. The molecule has 0 spiro atoms. The summed E-state index contributed by atoms with van der Waals surface area (Å²) in [5, 5.41) is 10.4. The van der Waals surface area contributed by atoms with Crippen LogP contribution in [0.25, 0.3) is 11.0 Å². The molecule has 0 radical (unpaired) electrons. The van der Waals surface area contributed by atoms with Crippen molar-refractivity contribution in [3.63, 3.8) is 0 Å². The zero-order chi connectivity index (χ0) is 13.8. The molecule has 19 heavy (non-hydrogen) atoms. The molecule has 0 aliphatic carbocycles. The maximum atomic E-state index is 11.6. The molecule has 1 heterocycles. The van der Waals surface area contributed by atoms with E-state index in [4.69, 9.17) is 16.3 Å². The molecule has 1 unspecified atom stereocenters. The third-order valence-electron chi connectivity index (χ3n) is 2.47. The average molecular weight is 279 g/mol. The number of hydrogen-bond donors (Lipinski definition) is 1. The molecule has 1 N–H and O–H groups in total. The predicted molar refractivity (Wildman–Crippen MR) is 70.7 cm³/mol. The lowest BCUT2D eigenvalue weighted by molar-refractivity contribution is -0.152. The van der Waals surface area contributed by atoms with E-state index in [2.05, 4.69) is 16.5 Å². The van der Waals surface area contributed by atoms with Crippen LogP contribution in [0.4, 0.5) is 0 Å². The third-order valence-corrected chi connectivity index (χ3v) is 2.77. The van der Waals surface area contributed by atoms with E-state index in [0.717, 1.165) is 0 Å². The maximum absolute atomic E-state index is 11.6. The summed E-state index contributed by atoms with van der Waals surface area (Å²) in [5.41, 5.74) is 1.11. The van der Waals surface area contributed by atoms with Gasteiger partial charge in [0.05, 0.1) is 10.5 Å². The second kappa shape index (κ2) is 5.77. The van der Waals surface area contributed by atoms with Crippen LogP contribution in [0.3, 0.4) is 0 Å². The van der Waals surface area contributed by atoms with Gasteiger partial charge in [0.2, 0.25) is 0 Å². The Morgan fingerprint density at radius 1 is 1.42 bits per heavy atom. The van der Waals surface area contributed by atoms with Crippen molar-refractivity contribution < 1.29 is 14.6 Å². The molecule has 0 saturated heterocycles. The normalized spacial score (nSPS) is 12.1. The van der Waals surface area contributed by atoms with Gasteiger partial charge in [-0.2, -0.15) is 0 Å². The standard InChI is InChI=1S/C13H11ClN2O3/c1-2-7-19-13(18)12(17)8-3-4-9(14)11-10(8)15-5-6-16-11/h2-6,12,17H,1,7H2. The molecule has 2 aromatic rings. The first-order chi connectivity index (χ1) is 9.15. The Kier molecular flexibility index (Phi) is 4.09. The van der Waals surface area contributed by atoms with E-state index in [9.17, 15) is 9.90 Å². The van der Waals surface area contributed by atoms with Gasteiger partial charge in [-0.3, -0.25) is 9.97 Å². The smallest absolute Gasteiger partial charge is 0.340 e. The minimum atomic E-state index is -1.43. The Morgan fingerprint density at radius 3 is 2.79 bits per heavy atom. The van der Waals surface area contributed by atoms with Crippen molar-refractivity contribution >= 4 is 28.6 Å². The van der Waals surface area contributed by atoms with E-state index in [0.29, 0.717) is 21.6 Å². The molecule has 1 aromatic heterocycles. The summed E-state index contributed by atoms with van der Waals surface area (Å²) < 4.78 is 4.80. The fourth-order valence-corrected chi connectivity index (χ4v) is 1.81. The molecular formula is C13H11ClN2O3. The summed E-state index contributed by atoms with van der Waals surface area (Å²) in [6.07, 6.45) is 2.94. The Hall–Kier alpha value is -1.98. The SMILES string of the molecule is C=CCOC(=O)C(O)c1ccc(Cl)c2nccnc12. The number of aromatic nitrogens is 2. The van der Waals surface area contributed by atoms with Crippen LogP contribution in [0.15, 0.2) is 37.2 Å². The highest BCUT2D eigenvalue weighted by Crippen LogP contribution is 2.27. The van der Waals surface area contributed by atoms with Gasteiger partial charge in [0.15, 0.2) is 6.10 Å². The zero-order valence-corrected chi connectivity index (χ0v) is 10.7. The summed E-state index contributed by atoms with van der Waals surface area (Å²) in [6, 6.07) is 3.08. The van der Waals surface area contributed by atoms with Crippen molar-refractivity contribution in [3.05, 3.63) is 47.8 Å². The fraction of sp³-hybridized carbons (Fsp3) is 0.154. The number of fused-ring (bicyclic) bond motifs is 1. The van der Waals surface area contributed by atoms with Gasteiger partial charge < -0.3 is 9.84 Å². The summed E-state index contributed by atoms with van der Waals surface area (Å²) >= 11 is 5.98. The first-order valence-electron chi connectivity index (χ1n) is 5.50. The zero-order valence-electron chi connectivity index (χ0n) is 9.91. The van der Waals surface area contributed by atoms with Gasteiger partial charge in [-0.1, -0.05) is 30.3 Å². The quantitative estimate of drug-likeness (QED) is 0.684. The first-order valence-corrected chi connectivity index (χ1v) is 5.87. The highest BCUT2D eigenvalue weighted by molar-refractivity contribution is 6.35. The number of esters is 1. The molecule has 0 aliphatic heterocycles. The third kappa shape index (κ3) is 2.72. The van der Waals surface area contributed by atoms with E-state index >= 15 is 0 Å². The predicted octanol–water partition coefficient (Wildman–Crippen LogP) is 2.05. The van der Waals surface area contributed by atoms with Crippen LogP contribution in [0.1, 0.15) is 11.7 Å². The largest absolute Gasteiger partial charge is 0.459 e. The van der Waals surface area contributed by atoms with Crippen LogP contribution in [0.5, 0.6) is 0 Å². The first kappa shape index (κ1) is 13.5. The van der Waals surface area contributed by atoms with Gasteiger partial charge in [-0.25, -0.2) is 4.79 Å². The van der Waals surface area contributed by atoms with Crippen LogP contribution >= 0.6 is 11.6 Å². The number of aliphatic hydroxyl groups is 1. The highest BCUT2D eigenvalue weighted by Gasteiger charge is 2.22. The van der Waals surface area contributed by atoms with Gasteiger partial charge in [0.25, 0.3) is 0 Å². The minimum absolute atomic E-state index is 0.0348. The van der Waals surface area contributed by atoms with Crippen molar-refractivity contribution in [2.75, 3.05) is 6.61 Å². The van der Waals surface area contributed by atoms with Crippen LogP contribution in [-0.4, -0.2) is 27.7 Å². The van der Waals surface area contributed by atoms with Crippen molar-refractivity contribution in [3.8, 4) is 0 Å². The topological polar surface area (TPSA) is 72.3 Å². The number of carbonyl (C=O) groups is 1. The Bertz CT molecular complexity index is 630. The molecular weight excluding hydrogens is 268 g/mol. The molecule has 0 bridgehead atoms. The van der Waals surface area contributed by atoms with Gasteiger partial charge in [-0.15, -0.1) is 0 Å². The number of aliphatic hydroxyl groups excluding tert-OH is 1. The molecule has 0 fully saturated rings. The van der Waals surface area contributed by atoms with Crippen LogP contribution in [-0.2, 0) is 9.53 Å². The van der Waals surface area contributed by atoms with Crippen LogP contribution < -0.4 is 0 Å². The molecule has 0 saturated carbocycles. The van der Waals surface area contributed by atoms with E-state index in [1.165, 1.54) is 24.5 Å². The number of nitrogens with zero attached hydrogens (tertiary/aromatic N) is 2. The number of carbonyl (C=O) groups excluding carboxylic acids is 1. The molecule has 1 aromatic carbocycles. The van der Waals surface area contributed by atoms with E-state index in [1.54, 1.807) is 6.07 Å². The maximum Gasteiger partial charge on any atom is 0.340 e. The van der Waals surface area contributed by atoms with Crippen molar-refractivity contribution in [2.45, 2.75) is 6.10 Å². The fourth-order valence-electron chi connectivity index (χ4n) is 1.61. The lowest BCUT2D eigenvalue weighted by Gasteiger charge is -2.12.